The van der Waals surface area contributed by atoms with Crippen LogP contribution in [0.15, 0.2) is 29.3 Å². The fraction of sp³-hybridized carbons (Fsp3) is 0.682. The van der Waals surface area contributed by atoms with E-state index in [2.05, 4.69) is 58.6 Å². The highest BCUT2D eigenvalue weighted by Crippen LogP contribution is 2.34. The SMILES string of the molecule is CN=C(NCc1ccc(CN2CC(C)OC(C)C2)cc1)NC1CC2CCC1O2.I. The summed E-state index contributed by atoms with van der Waals surface area (Å²) in [5.41, 5.74) is 2.62. The van der Waals surface area contributed by atoms with E-state index in [4.69, 9.17) is 9.47 Å². The van der Waals surface area contributed by atoms with Gasteiger partial charge in [-0.25, -0.2) is 0 Å². The Morgan fingerprint density at radius 3 is 2.34 bits per heavy atom. The topological polar surface area (TPSA) is 58.1 Å². The van der Waals surface area contributed by atoms with Gasteiger partial charge in [-0.2, -0.15) is 0 Å². The van der Waals surface area contributed by atoms with Gasteiger partial charge in [0.15, 0.2) is 5.96 Å². The molecule has 3 fully saturated rings. The second kappa shape index (κ2) is 10.4. The number of guanidine groups is 1. The predicted octanol–water partition coefficient (Wildman–Crippen LogP) is 2.90. The molecule has 1 aromatic carbocycles. The van der Waals surface area contributed by atoms with Crippen molar-refractivity contribution in [2.75, 3.05) is 20.1 Å². The number of hydrogen-bond donors (Lipinski definition) is 2. The Balaban J connectivity index is 0.00000240. The summed E-state index contributed by atoms with van der Waals surface area (Å²) in [6.45, 7) is 8.07. The van der Waals surface area contributed by atoms with Crippen LogP contribution in [0.2, 0.25) is 0 Å². The molecule has 5 atom stereocenters. The summed E-state index contributed by atoms with van der Waals surface area (Å²) in [6, 6.07) is 9.29. The van der Waals surface area contributed by atoms with Gasteiger partial charge in [0.2, 0.25) is 0 Å². The van der Waals surface area contributed by atoms with Crippen molar-refractivity contribution in [3.63, 3.8) is 0 Å². The van der Waals surface area contributed by atoms with E-state index in [1.54, 1.807) is 0 Å². The zero-order valence-corrected chi connectivity index (χ0v) is 20.1. The van der Waals surface area contributed by atoms with Crippen LogP contribution in [0.5, 0.6) is 0 Å². The molecule has 3 saturated heterocycles. The first-order valence-electron chi connectivity index (χ1n) is 10.7. The summed E-state index contributed by atoms with van der Waals surface area (Å²) in [6.07, 6.45) is 4.90. The molecule has 0 radical (unpaired) electrons. The Bertz CT molecular complexity index is 674. The fourth-order valence-electron chi connectivity index (χ4n) is 4.78. The molecular formula is C22H35IN4O2. The molecule has 162 valence electrons. The van der Waals surface area contributed by atoms with Crippen molar-refractivity contribution in [3.05, 3.63) is 35.4 Å². The van der Waals surface area contributed by atoms with Gasteiger partial charge < -0.3 is 20.1 Å². The lowest BCUT2D eigenvalue weighted by Crippen LogP contribution is -2.47. The molecule has 6 nitrogen and oxygen atoms in total. The van der Waals surface area contributed by atoms with E-state index in [0.717, 1.165) is 38.6 Å². The van der Waals surface area contributed by atoms with Gasteiger partial charge in [-0.15, -0.1) is 24.0 Å². The van der Waals surface area contributed by atoms with E-state index >= 15 is 0 Å². The minimum Gasteiger partial charge on any atom is -0.373 e. The fourth-order valence-corrected chi connectivity index (χ4v) is 4.78. The molecule has 29 heavy (non-hydrogen) atoms. The number of halogens is 1. The highest BCUT2D eigenvalue weighted by Gasteiger charge is 2.41. The van der Waals surface area contributed by atoms with E-state index in [1.165, 1.54) is 24.0 Å². The van der Waals surface area contributed by atoms with Crippen molar-refractivity contribution in [3.8, 4) is 0 Å². The number of morpholine rings is 1. The van der Waals surface area contributed by atoms with Gasteiger partial charge in [0.05, 0.1) is 30.5 Å². The highest BCUT2D eigenvalue weighted by molar-refractivity contribution is 14.0. The first-order chi connectivity index (χ1) is 13.6. The van der Waals surface area contributed by atoms with Crippen molar-refractivity contribution in [2.24, 2.45) is 4.99 Å². The molecule has 3 heterocycles. The summed E-state index contributed by atoms with van der Waals surface area (Å²) in [4.78, 5) is 6.86. The number of benzene rings is 1. The lowest BCUT2D eigenvalue weighted by Gasteiger charge is -2.35. The van der Waals surface area contributed by atoms with E-state index in [0.29, 0.717) is 30.5 Å². The average molecular weight is 514 g/mol. The van der Waals surface area contributed by atoms with Crippen LogP contribution in [0, 0.1) is 0 Å². The van der Waals surface area contributed by atoms with Gasteiger partial charge in [0, 0.05) is 33.2 Å². The van der Waals surface area contributed by atoms with Crippen molar-refractivity contribution < 1.29 is 9.47 Å². The minimum absolute atomic E-state index is 0. The average Bonchev–Trinajstić information content (AvgIpc) is 3.28. The van der Waals surface area contributed by atoms with E-state index < -0.39 is 0 Å². The second-order valence-electron chi connectivity index (χ2n) is 8.55. The van der Waals surface area contributed by atoms with Crippen LogP contribution < -0.4 is 10.6 Å². The molecule has 5 unspecified atom stereocenters. The minimum atomic E-state index is 0. The standard InChI is InChI=1S/C22H34N4O2.HI/c1-15-12-26(13-16(2)27-15)14-18-6-4-17(5-7-18)11-24-22(23-3)25-20-10-19-8-9-21(20)28-19;/h4-7,15-16,19-21H,8-14H2,1-3H3,(H2,23,24,25);1H. The van der Waals surface area contributed by atoms with Gasteiger partial charge >= 0.3 is 0 Å². The molecule has 4 rings (SSSR count). The Kier molecular flexibility index (Phi) is 8.18. The maximum atomic E-state index is 5.92. The molecular weight excluding hydrogens is 479 g/mol. The van der Waals surface area contributed by atoms with Gasteiger partial charge in [-0.1, -0.05) is 24.3 Å². The largest absolute Gasteiger partial charge is 0.373 e. The highest BCUT2D eigenvalue weighted by atomic mass is 127. The zero-order valence-electron chi connectivity index (χ0n) is 17.8. The van der Waals surface area contributed by atoms with Gasteiger partial charge in [0.1, 0.15) is 0 Å². The summed E-state index contributed by atoms with van der Waals surface area (Å²) < 4.78 is 11.8. The number of fused-ring (bicyclic) bond motifs is 2. The molecule has 0 spiro atoms. The third-order valence-corrected chi connectivity index (χ3v) is 6.04. The van der Waals surface area contributed by atoms with Gasteiger partial charge in [-0.3, -0.25) is 9.89 Å². The number of aliphatic imine (C=N–C) groups is 1. The third kappa shape index (κ3) is 6.06. The molecule has 0 aromatic heterocycles. The van der Waals surface area contributed by atoms with Crippen LogP contribution in [0.4, 0.5) is 0 Å². The van der Waals surface area contributed by atoms with E-state index in [9.17, 15) is 0 Å². The Hall–Kier alpha value is -0.900. The Labute approximate surface area is 191 Å². The van der Waals surface area contributed by atoms with Crippen LogP contribution in [-0.4, -0.2) is 61.5 Å². The number of rotatable bonds is 5. The number of nitrogens with zero attached hydrogens (tertiary/aromatic N) is 2. The molecule has 2 bridgehead atoms. The molecule has 3 aliphatic heterocycles. The summed E-state index contributed by atoms with van der Waals surface area (Å²) in [5.74, 6) is 0.863. The second-order valence-corrected chi connectivity index (χ2v) is 8.55. The summed E-state index contributed by atoms with van der Waals surface area (Å²) in [5, 5.41) is 6.98. The summed E-state index contributed by atoms with van der Waals surface area (Å²) >= 11 is 0. The summed E-state index contributed by atoms with van der Waals surface area (Å²) in [7, 11) is 1.83. The Morgan fingerprint density at radius 1 is 1.07 bits per heavy atom. The molecule has 7 heteroatoms. The molecule has 1 aromatic rings. The quantitative estimate of drug-likeness (QED) is 0.360. The van der Waals surface area contributed by atoms with E-state index in [-0.39, 0.29) is 24.0 Å². The smallest absolute Gasteiger partial charge is 0.191 e. The van der Waals surface area contributed by atoms with Crippen molar-refractivity contribution in [1.82, 2.24) is 15.5 Å². The molecule has 0 amide bonds. The van der Waals surface area contributed by atoms with E-state index in [1.807, 2.05) is 7.05 Å². The normalized spacial score (nSPS) is 32.1. The number of ether oxygens (including phenoxy) is 2. The molecule has 0 saturated carbocycles. The number of nitrogens with one attached hydrogen (secondary N) is 2. The maximum Gasteiger partial charge on any atom is 0.191 e. The lowest BCUT2D eigenvalue weighted by atomic mass is 9.96. The van der Waals surface area contributed by atoms with Gasteiger partial charge in [0.25, 0.3) is 0 Å². The monoisotopic (exact) mass is 514 g/mol. The first-order valence-corrected chi connectivity index (χ1v) is 10.7. The van der Waals surface area contributed by atoms with Crippen LogP contribution >= 0.6 is 24.0 Å². The van der Waals surface area contributed by atoms with Crippen molar-refractivity contribution >= 4 is 29.9 Å². The third-order valence-electron chi connectivity index (χ3n) is 6.04. The zero-order chi connectivity index (χ0) is 19.5. The van der Waals surface area contributed by atoms with Crippen LogP contribution in [-0.2, 0) is 22.6 Å². The van der Waals surface area contributed by atoms with Gasteiger partial charge in [-0.05, 0) is 44.2 Å². The molecule has 2 N–H and O–H groups in total. The van der Waals surface area contributed by atoms with Crippen molar-refractivity contribution in [1.29, 1.82) is 0 Å². The number of hydrogen-bond acceptors (Lipinski definition) is 4. The predicted molar refractivity (Wildman–Crippen MR) is 127 cm³/mol. The van der Waals surface area contributed by atoms with Crippen LogP contribution in [0.3, 0.4) is 0 Å². The molecule has 3 aliphatic rings. The first kappa shape index (κ1) is 22.8. The lowest BCUT2D eigenvalue weighted by molar-refractivity contribution is -0.0704. The van der Waals surface area contributed by atoms with Crippen LogP contribution in [0.25, 0.3) is 0 Å². The van der Waals surface area contributed by atoms with Crippen LogP contribution in [0.1, 0.15) is 44.2 Å². The Morgan fingerprint density at radius 2 is 1.76 bits per heavy atom. The maximum absolute atomic E-state index is 5.92. The van der Waals surface area contributed by atoms with Crippen molar-refractivity contribution in [2.45, 2.75) is 76.7 Å². The molecule has 0 aliphatic carbocycles.